The van der Waals surface area contributed by atoms with Crippen molar-refractivity contribution in [3.05, 3.63) is 53.6 Å². The van der Waals surface area contributed by atoms with E-state index < -0.39 is 10.0 Å². The molecule has 0 atom stereocenters. The van der Waals surface area contributed by atoms with Crippen molar-refractivity contribution in [2.45, 2.75) is 44.0 Å². The number of piperidine rings is 1. The summed E-state index contributed by atoms with van der Waals surface area (Å²) in [5.41, 5.74) is 2.03. The van der Waals surface area contributed by atoms with E-state index in [2.05, 4.69) is 17.1 Å². The highest BCUT2D eigenvalue weighted by Gasteiger charge is 2.28. The van der Waals surface area contributed by atoms with Crippen LogP contribution in [0.4, 0.5) is 5.69 Å². The monoisotopic (exact) mass is 471 g/mol. The first kappa shape index (κ1) is 23.7. The molecule has 8 heteroatoms. The van der Waals surface area contributed by atoms with Crippen molar-refractivity contribution in [2.24, 2.45) is 5.92 Å². The fourth-order valence-corrected chi connectivity index (χ4v) is 6.00. The summed E-state index contributed by atoms with van der Waals surface area (Å²) in [4.78, 5) is 15.5. The number of benzene rings is 2. The van der Waals surface area contributed by atoms with Gasteiger partial charge in [-0.25, -0.2) is 8.42 Å². The molecule has 2 aromatic carbocycles. The van der Waals surface area contributed by atoms with Gasteiger partial charge in [-0.05, 0) is 80.6 Å². The smallest absolute Gasteiger partial charge is 0.255 e. The molecule has 4 rings (SSSR count). The van der Waals surface area contributed by atoms with E-state index in [0.717, 1.165) is 38.4 Å². The van der Waals surface area contributed by atoms with Crippen LogP contribution in [0.3, 0.4) is 0 Å². The van der Waals surface area contributed by atoms with Crippen molar-refractivity contribution in [3.63, 3.8) is 0 Å². The molecule has 0 unspecified atom stereocenters. The molecule has 7 nitrogen and oxygen atoms in total. The third-order valence-electron chi connectivity index (χ3n) is 6.62. The molecule has 2 aromatic rings. The number of hydrogen-bond donors (Lipinski definition) is 1. The molecular formula is C25H33N3O4S. The molecule has 0 radical (unpaired) electrons. The van der Waals surface area contributed by atoms with Gasteiger partial charge in [0.15, 0.2) is 0 Å². The Hall–Kier alpha value is -2.42. The third-order valence-corrected chi connectivity index (χ3v) is 8.52. The van der Waals surface area contributed by atoms with Crippen LogP contribution in [0, 0.1) is 5.92 Å². The first-order chi connectivity index (χ1) is 15.9. The molecular weight excluding hydrogens is 438 g/mol. The minimum Gasteiger partial charge on any atom is -0.495 e. The second-order valence-electron chi connectivity index (χ2n) is 9.08. The van der Waals surface area contributed by atoms with Gasteiger partial charge in [-0.1, -0.05) is 19.1 Å². The highest BCUT2D eigenvalue weighted by atomic mass is 32.2. The van der Waals surface area contributed by atoms with E-state index in [-0.39, 0.29) is 10.8 Å². The lowest BCUT2D eigenvalue weighted by Gasteiger charge is -2.30. The average Bonchev–Trinajstić information content (AvgIpc) is 3.37. The molecule has 2 aliphatic heterocycles. The van der Waals surface area contributed by atoms with Gasteiger partial charge in [0.1, 0.15) is 5.75 Å². The van der Waals surface area contributed by atoms with Crippen LogP contribution in [-0.2, 0) is 16.6 Å². The Balaban J connectivity index is 1.46. The summed E-state index contributed by atoms with van der Waals surface area (Å²) in [5, 5.41) is 2.83. The molecule has 2 saturated heterocycles. The predicted octanol–water partition coefficient (Wildman–Crippen LogP) is 3.96. The van der Waals surface area contributed by atoms with Crippen LogP contribution in [0.25, 0.3) is 0 Å². The number of nitrogens with zero attached hydrogens (tertiary/aromatic N) is 2. The normalized spacial score (nSPS) is 18.4. The minimum absolute atomic E-state index is 0.159. The van der Waals surface area contributed by atoms with Crippen LogP contribution >= 0.6 is 0 Å². The quantitative estimate of drug-likeness (QED) is 0.661. The number of hydrogen-bond acceptors (Lipinski definition) is 5. The molecule has 1 amide bonds. The summed E-state index contributed by atoms with van der Waals surface area (Å²) in [7, 11) is -2.09. The lowest BCUT2D eigenvalue weighted by molar-refractivity contribution is 0.102. The predicted molar refractivity (Wildman–Crippen MR) is 129 cm³/mol. The van der Waals surface area contributed by atoms with Crippen molar-refractivity contribution in [3.8, 4) is 5.75 Å². The van der Waals surface area contributed by atoms with Gasteiger partial charge in [0.05, 0.1) is 17.7 Å². The maximum Gasteiger partial charge on any atom is 0.255 e. The molecule has 178 valence electrons. The Labute approximate surface area is 196 Å². The number of carbonyl (C=O) groups is 1. The van der Waals surface area contributed by atoms with Gasteiger partial charge >= 0.3 is 0 Å². The number of nitrogens with one attached hydrogen (secondary N) is 1. The highest BCUT2D eigenvalue weighted by Crippen LogP contribution is 2.30. The SMILES string of the molecule is COc1ccc(S(=O)(=O)N2CCCC2)cc1NC(=O)c1ccc(CN2CCC(C)CC2)cc1. The molecule has 2 aliphatic rings. The zero-order valence-electron chi connectivity index (χ0n) is 19.4. The van der Waals surface area contributed by atoms with Gasteiger partial charge in [-0.3, -0.25) is 9.69 Å². The number of methoxy groups -OCH3 is 1. The maximum atomic E-state index is 12.9. The van der Waals surface area contributed by atoms with E-state index in [1.165, 1.54) is 42.0 Å². The van der Waals surface area contributed by atoms with Crippen LogP contribution < -0.4 is 10.1 Å². The molecule has 2 heterocycles. The van der Waals surface area contributed by atoms with Crippen LogP contribution in [0.2, 0.25) is 0 Å². The average molecular weight is 472 g/mol. The fourth-order valence-electron chi connectivity index (χ4n) is 4.46. The Morgan fingerprint density at radius 1 is 1.03 bits per heavy atom. The zero-order valence-corrected chi connectivity index (χ0v) is 20.2. The number of amides is 1. The fraction of sp³-hybridized carbons (Fsp3) is 0.480. The van der Waals surface area contributed by atoms with Crippen LogP contribution in [0.15, 0.2) is 47.4 Å². The van der Waals surface area contributed by atoms with Gasteiger partial charge in [-0.15, -0.1) is 0 Å². The van der Waals surface area contributed by atoms with E-state index in [1.54, 1.807) is 6.07 Å². The van der Waals surface area contributed by atoms with E-state index in [4.69, 9.17) is 4.74 Å². The van der Waals surface area contributed by atoms with E-state index in [9.17, 15) is 13.2 Å². The minimum atomic E-state index is -3.59. The van der Waals surface area contributed by atoms with E-state index in [0.29, 0.717) is 30.1 Å². The van der Waals surface area contributed by atoms with Gasteiger partial charge < -0.3 is 10.1 Å². The number of anilines is 1. The van der Waals surface area contributed by atoms with Crippen molar-refractivity contribution < 1.29 is 17.9 Å². The summed E-state index contributed by atoms with van der Waals surface area (Å²) >= 11 is 0. The van der Waals surface area contributed by atoms with Crippen molar-refractivity contribution in [2.75, 3.05) is 38.6 Å². The summed E-state index contributed by atoms with van der Waals surface area (Å²) in [5.74, 6) is 0.912. The Kier molecular flexibility index (Phi) is 7.36. The lowest BCUT2D eigenvalue weighted by Crippen LogP contribution is -2.32. The van der Waals surface area contributed by atoms with Gasteiger partial charge in [0.25, 0.3) is 5.91 Å². The summed E-state index contributed by atoms with van der Waals surface area (Å²) < 4.78 is 32.7. The second kappa shape index (κ2) is 10.2. The third kappa shape index (κ3) is 5.57. The molecule has 33 heavy (non-hydrogen) atoms. The zero-order chi connectivity index (χ0) is 23.4. The molecule has 0 aromatic heterocycles. The van der Waals surface area contributed by atoms with Crippen molar-refractivity contribution >= 4 is 21.6 Å². The number of carbonyl (C=O) groups excluding carboxylic acids is 1. The topological polar surface area (TPSA) is 79.0 Å². The van der Waals surface area contributed by atoms with Crippen molar-refractivity contribution in [1.29, 1.82) is 0 Å². The largest absolute Gasteiger partial charge is 0.495 e. The van der Waals surface area contributed by atoms with E-state index in [1.807, 2.05) is 24.3 Å². The molecule has 0 spiro atoms. The molecule has 0 bridgehead atoms. The Bertz CT molecular complexity index is 1070. The lowest BCUT2D eigenvalue weighted by atomic mass is 9.99. The highest BCUT2D eigenvalue weighted by molar-refractivity contribution is 7.89. The number of likely N-dealkylation sites (tertiary alicyclic amines) is 1. The maximum absolute atomic E-state index is 12.9. The van der Waals surface area contributed by atoms with Crippen LogP contribution in [0.1, 0.15) is 48.5 Å². The first-order valence-electron chi connectivity index (χ1n) is 11.7. The molecule has 0 saturated carbocycles. The van der Waals surface area contributed by atoms with Gasteiger partial charge in [0.2, 0.25) is 10.0 Å². The second-order valence-corrected chi connectivity index (χ2v) is 11.0. The Morgan fingerprint density at radius 2 is 1.70 bits per heavy atom. The summed E-state index contributed by atoms with van der Waals surface area (Å²) in [6.07, 6.45) is 4.20. The molecule has 2 fully saturated rings. The Morgan fingerprint density at radius 3 is 2.33 bits per heavy atom. The number of ether oxygens (including phenoxy) is 1. The van der Waals surface area contributed by atoms with Gasteiger partial charge in [0, 0.05) is 25.2 Å². The van der Waals surface area contributed by atoms with Crippen LogP contribution in [0.5, 0.6) is 5.75 Å². The number of sulfonamides is 1. The van der Waals surface area contributed by atoms with Crippen molar-refractivity contribution in [1.82, 2.24) is 9.21 Å². The van der Waals surface area contributed by atoms with Crippen LogP contribution in [-0.4, -0.2) is 56.8 Å². The molecule has 1 N–H and O–H groups in total. The first-order valence-corrected chi connectivity index (χ1v) is 13.1. The molecule has 0 aliphatic carbocycles. The summed E-state index contributed by atoms with van der Waals surface area (Å²) in [6, 6.07) is 12.2. The number of rotatable bonds is 7. The summed E-state index contributed by atoms with van der Waals surface area (Å²) in [6.45, 7) is 6.47. The van der Waals surface area contributed by atoms with Gasteiger partial charge in [-0.2, -0.15) is 4.31 Å². The standard InChI is InChI=1S/C25H33N3O4S/c1-19-11-15-27(16-12-19)18-20-5-7-21(8-6-20)25(29)26-23-17-22(9-10-24(23)32-2)33(30,31)28-13-3-4-14-28/h5-10,17,19H,3-4,11-16,18H2,1-2H3,(H,26,29). The van der Waals surface area contributed by atoms with E-state index >= 15 is 0 Å².